The highest BCUT2D eigenvalue weighted by Gasteiger charge is 2.11. The fourth-order valence-electron chi connectivity index (χ4n) is 3.20. The lowest BCUT2D eigenvalue weighted by atomic mass is 10.1. The molecule has 0 aliphatic heterocycles. The van der Waals surface area contributed by atoms with E-state index in [0.717, 1.165) is 22.6 Å². The standard InChI is InChI=1S/C21H24N8O.HI/c1-14-11-15(2)29(28-14)17-8-5-4-7-16(17)12-23-21(22-3)24-13-19-25-20(27-26-19)18-9-6-10-30-18;/h4-11H,12-13H2,1-3H3,(H2,22,23,24)(H,25,26,27);1H. The number of benzene rings is 1. The van der Waals surface area contributed by atoms with Crippen molar-refractivity contribution in [2.24, 2.45) is 4.99 Å². The maximum atomic E-state index is 5.32. The summed E-state index contributed by atoms with van der Waals surface area (Å²) in [6.45, 7) is 5.10. The van der Waals surface area contributed by atoms with Gasteiger partial charge in [0.1, 0.15) is 5.82 Å². The predicted molar refractivity (Wildman–Crippen MR) is 130 cm³/mol. The van der Waals surface area contributed by atoms with Crippen molar-refractivity contribution >= 4 is 29.9 Å². The molecule has 0 radical (unpaired) electrons. The molecule has 31 heavy (non-hydrogen) atoms. The van der Waals surface area contributed by atoms with E-state index in [1.807, 2.05) is 29.8 Å². The molecule has 0 fully saturated rings. The van der Waals surface area contributed by atoms with Crippen LogP contribution in [0.2, 0.25) is 0 Å². The number of guanidine groups is 1. The van der Waals surface area contributed by atoms with E-state index in [4.69, 9.17) is 4.42 Å². The van der Waals surface area contributed by atoms with Crippen LogP contribution in [-0.2, 0) is 13.1 Å². The Morgan fingerprint density at radius 3 is 2.65 bits per heavy atom. The largest absolute Gasteiger partial charge is 0.461 e. The molecule has 0 saturated carbocycles. The minimum absolute atomic E-state index is 0. The first-order valence-electron chi connectivity index (χ1n) is 9.65. The minimum Gasteiger partial charge on any atom is -0.461 e. The van der Waals surface area contributed by atoms with Crippen molar-refractivity contribution in [1.29, 1.82) is 0 Å². The van der Waals surface area contributed by atoms with Gasteiger partial charge in [-0.25, -0.2) is 9.67 Å². The molecule has 0 unspecified atom stereocenters. The van der Waals surface area contributed by atoms with E-state index in [9.17, 15) is 0 Å². The highest BCUT2D eigenvalue weighted by molar-refractivity contribution is 14.0. The summed E-state index contributed by atoms with van der Waals surface area (Å²) >= 11 is 0. The normalized spacial score (nSPS) is 11.3. The van der Waals surface area contributed by atoms with Crippen LogP contribution in [0.5, 0.6) is 0 Å². The van der Waals surface area contributed by atoms with Crippen molar-refractivity contribution in [1.82, 2.24) is 35.6 Å². The summed E-state index contributed by atoms with van der Waals surface area (Å²) in [5, 5.41) is 18.3. The Morgan fingerprint density at radius 1 is 1.13 bits per heavy atom. The van der Waals surface area contributed by atoms with Gasteiger partial charge in [-0.2, -0.15) is 5.10 Å². The highest BCUT2D eigenvalue weighted by atomic mass is 127. The number of aromatic amines is 1. The van der Waals surface area contributed by atoms with Crippen LogP contribution in [0.3, 0.4) is 0 Å². The first kappa shape index (κ1) is 22.5. The number of furan rings is 1. The molecule has 0 saturated heterocycles. The van der Waals surface area contributed by atoms with Gasteiger partial charge in [0.25, 0.3) is 0 Å². The van der Waals surface area contributed by atoms with Crippen LogP contribution in [0.25, 0.3) is 17.3 Å². The zero-order valence-electron chi connectivity index (χ0n) is 17.6. The fourth-order valence-corrected chi connectivity index (χ4v) is 3.20. The lowest BCUT2D eigenvalue weighted by Crippen LogP contribution is -2.36. The average molecular weight is 532 g/mol. The van der Waals surface area contributed by atoms with Crippen LogP contribution in [-0.4, -0.2) is 38.0 Å². The molecule has 0 aliphatic carbocycles. The molecule has 0 aliphatic rings. The number of rotatable bonds is 6. The molecule has 0 spiro atoms. The number of halogens is 1. The van der Waals surface area contributed by atoms with Gasteiger partial charge in [-0.1, -0.05) is 18.2 Å². The predicted octanol–water partition coefficient (Wildman–Crippen LogP) is 3.35. The van der Waals surface area contributed by atoms with Gasteiger partial charge in [-0.15, -0.1) is 29.1 Å². The summed E-state index contributed by atoms with van der Waals surface area (Å²) in [7, 11) is 1.73. The van der Waals surface area contributed by atoms with Crippen molar-refractivity contribution in [2.45, 2.75) is 26.9 Å². The van der Waals surface area contributed by atoms with Crippen LogP contribution < -0.4 is 10.6 Å². The molecule has 3 heterocycles. The topological polar surface area (TPSA) is 109 Å². The summed E-state index contributed by atoms with van der Waals surface area (Å²) in [6.07, 6.45) is 1.60. The molecule has 0 bridgehead atoms. The molecular formula is C21H25IN8O. The van der Waals surface area contributed by atoms with Gasteiger partial charge >= 0.3 is 0 Å². The van der Waals surface area contributed by atoms with E-state index in [0.29, 0.717) is 36.5 Å². The number of aliphatic imine (C=N–C) groups is 1. The SMILES string of the molecule is CN=C(NCc1nc(-c2ccco2)n[nH]1)NCc1ccccc1-n1nc(C)cc1C.I. The maximum absolute atomic E-state index is 5.32. The van der Waals surface area contributed by atoms with Crippen LogP contribution in [0, 0.1) is 13.8 Å². The summed E-state index contributed by atoms with van der Waals surface area (Å²) in [5.74, 6) is 2.50. The summed E-state index contributed by atoms with van der Waals surface area (Å²) < 4.78 is 7.28. The Labute approximate surface area is 197 Å². The molecule has 4 aromatic rings. The van der Waals surface area contributed by atoms with Gasteiger partial charge in [0, 0.05) is 19.3 Å². The third-order valence-electron chi connectivity index (χ3n) is 4.60. The molecule has 0 amide bonds. The number of nitrogens with one attached hydrogen (secondary N) is 3. The van der Waals surface area contributed by atoms with E-state index >= 15 is 0 Å². The van der Waals surface area contributed by atoms with E-state index in [-0.39, 0.29) is 24.0 Å². The summed E-state index contributed by atoms with van der Waals surface area (Å²) in [6, 6.07) is 13.9. The molecule has 1 aromatic carbocycles. The van der Waals surface area contributed by atoms with Gasteiger partial charge < -0.3 is 15.1 Å². The van der Waals surface area contributed by atoms with E-state index in [1.54, 1.807) is 19.4 Å². The van der Waals surface area contributed by atoms with Crippen molar-refractivity contribution in [3.8, 4) is 17.3 Å². The van der Waals surface area contributed by atoms with Crippen LogP contribution >= 0.6 is 24.0 Å². The van der Waals surface area contributed by atoms with E-state index < -0.39 is 0 Å². The Hall–Kier alpha value is -3.15. The lowest BCUT2D eigenvalue weighted by molar-refractivity contribution is 0.577. The second-order valence-electron chi connectivity index (χ2n) is 6.83. The molecule has 0 atom stereocenters. The third-order valence-corrected chi connectivity index (χ3v) is 4.60. The second kappa shape index (κ2) is 10.2. The lowest BCUT2D eigenvalue weighted by Gasteiger charge is -2.14. The minimum atomic E-state index is 0. The van der Waals surface area contributed by atoms with Crippen molar-refractivity contribution in [2.75, 3.05) is 7.05 Å². The highest BCUT2D eigenvalue weighted by Crippen LogP contribution is 2.17. The zero-order chi connectivity index (χ0) is 20.9. The van der Waals surface area contributed by atoms with Gasteiger partial charge in [-0.3, -0.25) is 10.1 Å². The molecule has 3 aromatic heterocycles. The molecule has 3 N–H and O–H groups in total. The number of hydrogen-bond acceptors (Lipinski definition) is 5. The fraction of sp³-hybridized carbons (Fsp3) is 0.238. The van der Waals surface area contributed by atoms with Gasteiger partial charge in [0.15, 0.2) is 11.7 Å². The van der Waals surface area contributed by atoms with Crippen LogP contribution in [0.4, 0.5) is 0 Å². The molecule has 4 rings (SSSR count). The van der Waals surface area contributed by atoms with E-state index in [1.165, 1.54) is 0 Å². The third kappa shape index (κ3) is 5.32. The molecule has 9 nitrogen and oxygen atoms in total. The van der Waals surface area contributed by atoms with Crippen molar-refractivity contribution in [3.63, 3.8) is 0 Å². The van der Waals surface area contributed by atoms with Gasteiger partial charge in [-0.05, 0) is 43.7 Å². The second-order valence-corrected chi connectivity index (χ2v) is 6.83. The van der Waals surface area contributed by atoms with Crippen molar-refractivity contribution in [3.05, 3.63) is 71.5 Å². The number of aryl methyl sites for hydroxylation is 2. The average Bonchev–Trinajstić information content (AvgIpc) is 3.49. The number of aromatic nitrogens is 5. The Morgan fingerprint density at radius 2 is 1.94 bits per heavy atom. The van der Waals surface area contributed by atoms with Gasteiger partial charge in [0.05, 0.1) is 24.2 Å². The van der Waals surface area contributed by atoms with Crippen LogP contribution in [0.15, 0.2) is 58.1 Å². The Kier molecular flexibility index (Phi) is 7.45. The Balaban J connectivity index is 0.00000272. The zero-order valence-corrected chi connectivity index (χ0v) is 19.9. The number of para-hydroxylation sites is 1. The summed E-state index contributed by atoms with van der Waals surface area (Å²) in [5.41, 5.74) is 4.25. The van der Waals surface area contributed by atoms with Crippen LogP contribution in [0.1, 0.15) is 22.8 Å². The number of hydrogen-bond donors (Lipinski definition) is 3. The van der Waals surface area contributed by atoms with Gasteiger partial charge in [0.2, 0.25) is 5.82 Å². The molecular weight excluding hydrogens is 507 g/mol. The number of nitrogens with zero attached hydrogens (tertiary/aromatic N) is 5. The maximum Gasteiger partial charge on any atom is 0.216 e. The van der Waals surface area contributed by atoms with E-state index in [2.05, 4.69) is 61.0 Å². The quantitative estimate of drug-likeness (QED) is 0.200. The molecule has 10 heteroatoms. The Bertz CT molecular complexity index is 1150. The monoisotopic (exact) mass is 532 g/mol. The first-order valence-corrected chi connectivity index (χ1v) is 9.65. The first-order chi connectivity index (χ1) is 14.6. The summed E-state index contributed by atoms with van der Waals surface area (Å²) in [4.78, 5) is 8.72. The number of H-pyrrole nitrogens is 1. The molecule has 162 valence electrons. The van der Waals surface area contributed by atoms with Crippen molar-refractivity contribution < 1.29 is 4.42 Å². The smallest absolute Gasteiger partial charge is 0.216 e.